The van der Waals surface area contributed by atoms with Crippen molar-refractivity contribution in [1.29, 1.82) is 0 Å². The normalized spacial score (nSPS) is 17.9. The van der Waals surface area contributed by atoms with Crippen molar-refractivity contribution in [3.8, 4) is 11.5 Å². The third-order valence-electron chi connectivity index (χ3n) is 3.78. The summed E-state index contributed by atoms with van der Waals surface area (Å²) < 4.78 is 11.2. The number of rotatable bonds is 2. The average molecular weight is 355 g/mol. The van der Waals surface area contributed by atoms with Gasteiger partial charge in [0.15, 0.2) is 15.8 Å². The van der Waals surface area contributed by atoms with Crippen molar-refractivity contribution in [1.82, 2.24) is 0 Å². The van der Waals surface area contributed by atoms with E-state index in [1.165, 1.54) is 11.8 Å². The third-order valence-corrected chi connectivity index (χ3v) is 5.08. The fraction of sp³-hybridized carbons (Fsp3) is 0.111. The lowest BCUT2D eigenvalue weighted by Crippen LogP contribution is -2.27. The molecular weight excluding hydrogens is 342 g/mol. The molecular formula is C18H13NO3S2. The van der Waals surface area contributed by atoms with Crippen LogP contribution in [0.25, 0.3) is 6.08 Å². The summed E-state index contributed by atoms with van der Waals surface area (Å²) in [5.74, 6) is 1.31. The lowest BCUT2D eigenvalue weighted by Gasteiger charge is -2.14. The van der Waals surface area contributed by atoms with Crippen LogP contribution in [0.1, 0.15) is 11.1 Å². The summed E-state index contributed by atoms with van der Waals surface area (Å²) in [5.41, 5.74) is 2.81. The van der Waals surface area contributed by atoms with E-state index >= 15 is 0 Å². The molecule has 0 N–H and O–H groups in total. The van der Waals surface area contributed by atoms with Crippen LogP contribution in [-0.4, -0.2) is 17.0 Å². The fourth-order valence-corrected chi connectivity index (χ4v) is 3.84. The van der Waals surface area contributed by atoms with Crippen molar-refractivity contribution < 1.29 is 14.3 Å². The Kier molecular flexibility index (Phi) is 3.78. The number of hydrogen-bond acceptors (Lipinski definition) is 5. The molecule has 4 nitrogen and oxygen atoms in total. The standard InChI is InChI=1S/C18H13NO3S2/c1-11-2-5-13(6-3-11)19-17(20)16(24-18(19)23)9-12-4-7-14-15(8-12)22-10-21-14/h2-9H,10H2,1H3/b16-9+. The van der Waals surface area contributed by atoms with Crippen LogP contribution in [0.15, 0.2) is 47.4 Å². The largest absolute Gasteiger partial charge is 0.454 e. The van der Waals surface area contributed by atoms with Crippen molar-refractivity contribution in [2.75, 3.05) is 11.7 Å². The summed E-state index contributed by atoms with van der Waals surface area (Å²) in [6.07, 6.45) is 1.83. The molecule has 1 fully saturated rings. The number of anilines is 1. The van der Waals surface area contributed by atoms with Crippen LogP contribution in [0.4, 0.5) is 5.69 Å². The minimum Gasteiger partial charge on any atom is -0.454 e. The van der Waals surface area contributed by atoms with Gasteiger partial charge < -0.3 is 9.47 Å². The van der Waals surface area contributed by atoms with E-state index in [4.69, 9.17) is 21.7 Å². The van der Waals surface area contributed by atoms with Crippen molar-refractivity contribution in [2.45, 2.75) is 6.92 Å². The Morgan fingerprint density at radius 1 is 1.12 bits per heavy atom. The van der Waals surface area contributed by atoms with Crippen LogP contribution in [0.3, 0.4) is 0 Å². The van der Waals surface area contributed by atoms with Gasteiger partial charge in [-0.25, -0.2) is 0 Å². The van der Waals surface area contributed by atoms with Crippen molar-refractivity contribution in [2.24, 2.45) is 0 Å². The molecule has 0 radical (unpaired) electrons. The van der Waals surface area contributed by atoms with Gasteiger partial charge in [0.2, 0.25) is 6.79 Å². The number of carbonyl (C=O) groups excluding carboxylic acids is 1. The van der Waals surface area contributed by atoms with E-state index in [0.29, 0.717) is 15.0 Å². The lowest BCUT2D eigenvalue weighted by molar-refractivity contribution is -0.113. The SMILES string of the molecule is Cc1ccc(N2C(=O)/C(=C\c3ccc4c(c3)OCO4)SC2=S)cc1. The summed E-state index contributed by atoms with van der Waals surface area (Å²) in [6, 6.07) is 13.3. The molecule has 1 amide bonds. The maximum absolute atomic E-state index is 12.7. The Balaban J connectivity index is 1.64. The van der Waals surface area contributed by atoms with Crippen LogP contribution in [0.5, 0.6) is 11.5 Å². The second-order valence-electron chi connectivity index (χ2n) is 5.47. The van der Waals surface area contributed by atoms with Gasteiger partial charge >= 0.3 is 0 Å². The zero-order valence-corrected chi connectivity index (χ0v) is 14.4. The predicted molar refractivity (Wildman–Crippen MR) is 99.4 cm³/mol. The number of amides is 1. The Hall–Kier alpha value is -2.31. The highest BCUT2D eigenvalue weighted by Gasteiger charge is 2.33. The van der Waals surface area contributed by atoms with Gasteiger partial charge in [0.05, 0.1) is 10.6 Å². The van der Waals surface area contributed by atoms with Crippen LogP contribution in [-0.2, 0) is 4.79 Å². The van der Waals surface area contributed by atoms with Crippen LogP contribution < -0.4 is 14.4 Å². The van der Waals surface area contributed by atoms with E-state index in [2.05, 4.69) is 0 Å². The predicted octanol–water partition coefficient (Wildman–Crippen LogP) is 4.13. The van der Waals surface area contributed by atoms with E-state index in [1.54, 1.807) is 4.90 Å². The molecule has 24 heavy (non-hydrogen) atoms. The quantitative estimate of drug-likeness (QED) is 0.598. The zero-order chi connectivity index (χ0) is 16.7. The van der Waals surface area contributed by atoms with Gasteiger partial charge in [-0.3, -0.25) is 9.69 Å². The molecule has 1 saturated heterocycles. The highest BCUT2D eigenvalue weighted by Crippen LogP contribution is 2.38. The van der Waals surface area contributed by atoms with Gasteiger partial charge in [-0.1, -0.05) is 47.7 Å². The third kappa shape index (κ3) is 2.68. The highest BCUT2D eigenvalue weighted by atomic mass is 32.2. The van der Waals surface area contributed by atoms with Crippen LogP contribution >= 0.6 is 24.0 Å². The number of benzene rings is 2. The number of thiocarbonyl (C=S) groups is 1. The van der Waals surface area contributed by atoms with Crippen molar-refractivity contribution >= 4 is 46.0 Å². The Morgan fingerprint density at radius 2 is 1.88 bits per heavy atom. The van der Waals surface area contributed by atoms with E-state index in [9.17, 15) is 4.79 Å². The fourth-order valence-electron chi connectivity index (χ4n) is 2.54. The molecule has 2 aliphatic rings. The second-order valence-corrected chi connectivity index (χ2v) is 7.14. The zero-order valence-electron chi connectivity index (χ0n) is 12.8. The first kappa shape index (κ1) is 15.2. The molecule has 2 aliphatic heterocycles. The van der Waals surface area contributed by atoms with Gasteiger partial charge in [0, 0.05) is 0 Å². The molecule has 6 heteroatoms. The smallest absolute Gasteiger partial charge is 0.270 e. The van der Waals surface area contributed by atoms with Gasteiger partial charge in [-0.15, -0.1) is 0 Å². The summed E-state index contributed by atoms with van der Waals surface area (Å²) >= 11 is 6.69. The summed E-state index contributed by atoms with van der Waals surface area (Å²) in [5, 5.41) is 0. The number of hydrogen-bond donors (Lipinski definition) is 0. The van der Waals surface area contributed by atoms with Gasteiger partial charge in [0.1, 0.15) is 0 Å². The van der Waals surface area contributed by atoms with Gasteiger partial charge in [-0.05, 0) is 42.8 Å². The lowest BCUT2D eigenvalue weighted by atomic mass is 10.2. The second kappa shape index (κ2) is 5.96. The average Bonchev–Trinajstić information content (AvgIpc) is 3.13. The Bertz CT molecular complexity index is 874. The number of aryl methyl sites for hydroxylation is 1. The molecule has 0 aliphatic carbocycles. The minimum absolute atomic E-state index is 0.105. The maximum atomic E-state index is 12.7. The Labute approximate surface area is 149 Å². The van der Waals surface area contributed by atoms with Crippen molar-refractivity contribution in [3.05, 3.63) is 58.5 Å². The summed E-state index contributed by atoms with van der Waals surface area (Å²) in [6.45, 7) is 2.24. The van der Waals surface area contributed by atoms with E-state index < -0.39 is 0 Å². The van der Waals surface area contributed by atoms with E-state index in [1.807, 2.05) is 55.5 Å². The molecule has 2 aromatic rings. The molecule has 0 aromatic heterocycles. The maximum Gasteiger partial charge on any atom is 0.270 e. The Morgan fingerprint density at radius 3 is 2.67 bits per heavy atom. The number of carbonyl (C=O) groups is 1. The van der Waals surface area contributed by atoms with Gasteiger partial charge in [0.25, 0.3) is 5.91 Å². The van der Waals surface area contributed by atoms with E-state index in [-0.39, 0.29) is 12.7 Å². The molecule has 0 bridgehead atoms. The molecule has 2 aromatic carbocycles. The molecule has 0 spiro atoms. The van der Waals surface area contributed by atoms with Crippen LogP contribution in [0, 0.1) is 6.92 Å². The molecule has 120 valence electrons. The van der Waals surface area contributed by atoms with Crippen molar-refractivity contribution in [3.63, 3.8) is 0 Å². The number of ether oxygens (including phenoxy) is 2. The molecule has 0 saturated carbocycles. The van der Waals surface area contributed by atoms with E-state index in [0.717, 1.165) is 22.6 Å². The first-order valence-electron chi connectivity index (χ1n) is 7.36. The summed E-state index contributed by atoms with van der Waals surface area (Å²) in [4.78, 5) is 14.9. The highest BCUT2D eigenvalue weighted by molar-refractivity contribution is 8.27. The summed E-state index contributed by atoms with van der Waals surface area (Å²) in [7, 11) is 0. The number of fused-ring (bicyclic) bond motifs is 1. The molecule has 0 atom stereocenters. The number of thioether (sulfide) groups is 1. The number of nitrogens with zero attached hydrogens (tertiary/aromatic N) is 1. The minimum atomic E-state index is -0.105. The molecule has 0 unspecified atom stereocenters. The topological polar surface area (TPSA) is 38.8 Å². The monoisotopic (exact) mass is 355 g/mol. The van der Waals surface area contributed by atoms with Crippen LogP contribution in [0.2, 0.25) is 0 Å². The first-order valence-corrected chi connectivity index (χ1v) is 8.58. The molecule has 2 heterocycles. The van der Waals surface area contributed by atoms with Gasteiger partial charge in [-0.2, -0.15) is 0 Å². The molecule has 4 rings (SSSR count). The first-order chi connectivity index (χ1) is 11.6.